The van der Waals surface area contributed by atoms with E-state index in [2.05, 4.69) is 10.6 Å². The van der Waals surface area contributed by atoms with Crippen molar-refractivity contribution in [2.24, 2.45) is 4.99 Å². The summed E-state index contributed by atoms with van der Waals surface area (Å²) in [5, 5.41) is 6.92. The van der Waals surface area contributed by atoms with Crippen LogP contribution in [0.1, 0.15) is 29.7 Å². The summed E-state index contributed by atoms with van der Waals surface area (Å²) in [6.07, 6.45) is 3.92. The summed E-state index contributed by atoms with van der Waals surface area (Å²) in [6.45, 7) is 2.33. The number of hydrogen-bond donors (Lipinski definition) is 2. The number of hydrogen-bond acceptors (Lipinski definition) is 3. The molecule has 3 aromatic rings. The molecule has 0 saturated heterocycles. The fourth-order valence-corrected chi connectivity index (χ4v) is 3.84. The number of benzene rings is 3. The lowest BCUT2D eigenvalue weighted by atomic mass is 9.94. The van der Waals surface area contributed by atoms with Gasteiger partial charge in [0.15, 0.2) is 0 Å². The molecular formula is C27H24ClN3O. The van der Waals surface area contributed by atoms with Gasteiger partial charge < -0.3 is 10.6 Å². The monoisotopic (exact) mass is 441 g/mol. The predicted octanol–water partition coefficient (Wildman–Crippen LogP) is 5.53. The normalized spacial score (nSPS) is 15.9. The topological polar surface area (TPSA) is 53.5 Å². The lowest BCUT2D eigenvalue weighted by Crippen LogP contribution is -2.36. The van der Waals surface area contributed by atoms with Gasteiger partial charge >= 0.3 is 0 Å². The summed E-state index contributed by atoms with van der Waals surface area (Å²) >= 11 is 6.25. The lowest BCUT2D eigenvalue weighted by Gasteiger charge is -2.27. The minimum absolute atomic E-state index is 0.159. The molecule has 160 valence electrons. The summed E-state index contributed by atoms with van der Waals surface area (Å²) < 4.78 is 0. The zero-order chi connectivity index (χ0) is 22.3. The lowest BCUT2D eigenvalue weighted by molar-refractivity contribution is -0.117. The van der Waals surface area contributed by atoms with Crippen molar-refractivity contribution in [3.05, 3.63) is 124 Å². The number of nitrogens with zero attached hydrogens (tertiary/aromatic N) is 1. The molecule has 0 aliphatic carbocycles. The van der Waals surface area contributed by atoms with Crippen molar-refractivity contribution in [2.75, 3.05) is 6.54 Å². The van der Waals surface area contributed by atoms with Crippen LogP contribution in [0.3, 0.4) is 0 Å². The highest BCUT2D eigenvalue weighted by Crippen LogP contribution is 2.32. The Labute approximate surface area is 193 Å². The van der Waals surface area contributed by atoms with Crippen molar-refractivity contribution in [3.8, 4) is 0 Å². The summed E-state index contributed by atoms with van der Waals surface area (Å²) in [4.78, 5) is 18.1. The van der Waals surface area contributed by atoms with Gasteiger partial charge in [0.1, 0.15) is 11.9 Å². The largest absolute Gasteiger partial charge is 0.349 e. The van der Waals surface area contributed by atoms with E-state index in [1.165, 1.54) is 0 Å². The van der Waals surface area contributed by atoms with Gasteiger partial charge in [-0.3, -0.25) is 9.79 Å². The Balaban J connectivity index is 1.59. The van der Waals surface area contributed by atoms with Gasteiger partial charge in [-0.1, -0.05) is 96.5 Å². The molecule has 1 atom stereocenters. The highest BCUT2D eigenvalue weighted by atomic mass is 35.5. The standard InChI is InChI=1S/C27H24ClN3O/c1-19-24(27(32)29-17-9-12-20-10-4-2-5-11-20)25(22-15-8-16-23(28)18-22)31-26(30-19)21-13-6-3-7-14-21/h2-16,18,25H,17H2,1H3,(H,29,32)(H,30,31). The van der Waals surface area contributed by atoms with Gasteiger partial charge in [-0.2, -0.15) is 0 Å². The van der Waals surface area contributed by atoms with Gasteiger partial charge in [-0.15, -0.1) is 0 Å². The van der Waals surface area contributed by atoms with Crippen molar-refractivity contribution >= 4 is 29.4 Å². The number of carbonyl (C=O) groups excluding carboxylic acids is 1. The molecule has 1 heterocycles. The molecule has 4 rings (SSSR count). The maximum atomic E-state index is 13.2. The molecule has 3 aromatic carbocycles. The van der Waals surface area contributed by atoms with Crippen molar-refractivity contribution in [2.45, 2.75) is 13.0 Å². The van der Waals surface area contributed by atoms with Crippen LogP contribution in [-0.4, -0.2) is 18.3 Å². The van der Waals surface area contributed by atoms with Gasteiger partial charge in [0.25, 0.3) is 5.91 Å². The molecule has 32 heavy (non-hydrogen) atoms. The van der Waals surface area contributed by atoms with Gasteiger partial charge in [-0.25, -0.2) is 0 Å². The van der Waals surface area contributed by atoms with Crippen molar-refractivity contribution in [1.82, 2.24) is 10.6 Å². The summed E-state index contributed by atoms with van der Waals surface area (Å²) in [7, 11) is 0. The van der Waals surface area contributed by atoms with Crippen LogP contribution in [0.2, 0.25) is 5.02 Å². The minimum atomic E-state index is -0.455. The Morgan fingerprint density at radius 3 is 2.47 bits per heavy atom. The number of aliphatic imine (C=N–C) groups is 1. The third-order valence-corrected chi connectivity index (χ3v) is 5.42. The van der Waals surface area contributed by atoms with Crippen LogP contribution < -0.4 is 10.6 Å². The second-order valence-corrected chi connectivity index (χ2v) is 7.92. The number of halogens is 1. The van der Waals surface area contributed by atoms with Crippen LogP contribution in [0.5, 0.6) is 0 Å². The maximum Gasteiger partial charge on any atom is 0.251 e. The first-order chi connectivity index (χ1) is 15.6. The average Bonchev–Trinajstić information content (AvgIpc) is 2.82. The van der Waals surface area contributed by atoms with E-state index in [-0.39, 0.29) is 5.91 Å². The number of amides is 1. The molecular weight excluding hydrogens is 418 g/mol. The van der Waals surface area contributed by atoms with E-state index in [1.807, 2.05) is 104 Å². The Morgan fingerprint density at radius 2 is 1.75 bits per heavy atom. The first kappa shape index (κ1) is 21.6. The van der Waals surface area contributed by atoms with Crippen LogP contribution in [-0.2, 0) is 4.79 Å². The van der Waals surface area contributed by atoms with Gasteiger partial charge in [0, 0.05) is 22.8 Å². The Bertz CT molecular complexity index is 1180. The van der Waals surface area contributed by atoms with Gasteiger partial charge in [0.05, 0.1) is 5.57 Å². The highest BCUT2D eigenvalue weighted by Gasteiger charge is 2.29. The number of rotatable bonds is 6. The SMILES string of the molecule is CC1=C(C(=O)NCC=Cc2ccccc2)C(c2cccc(Cl)c2)N=C(c2ccccc2)N1. The molecule has 1 aliphatic rings. The van der Waals surface area contributed by atoms with Gasteiger partial charge in [-0.05, 0) is 30.2 Å². The zero-order valence-corrected chi connectivity index (χ0v) is 18.5. The Hall–Kier alpha value is -3.63. The second-order valence-electron chi connectivity index (χ2n) is 7.49. The summed E-state index contributed by atoms with van der Waals surface area (Å²) in [6, 6.07) is 26.9. The highest BCUT2D eigenvalue weighted by molar-refractivity contribution is 6.30. The quantitative estimate of drug-likeness (QED) is 0.528. The molecule has 5 heteroatoms. The molecule has 2 N–H and O–H groups in total. The zero-order valence-electron chi connectivity index (χ0n) is 17.8. The van der Waals surface area contributed by atoms with E-state index in [0.29, 0.717) is 17.1 Å². The minimum Gasteiger partial charge on any atom is -0.349 e. The van der Waals surface area contributed by atoms with Gasteiger partial charge in [0.2, 0.25) is 0 Å². The van der Waals surface area contributed by atoms with E-state index in [0.717, 1.165) is 28.2 Å². The van der Waals surface area contributed by atoms with E-state index < -0.39 is 6.04 Å². The molecule has 0 saturated carbocycles. The van der Waals surface area contributed by atoms with Crippen molar-refractivity contribution < 1.29 is 4.79 Å². The molecule has 1 unspecified atom stereocenters. The predicted molar refractivity (Wildman–Crippen MR) is 131 cm³/mol. The smallest absolute Gasteiger partial charge is 0.251 e. The number of nitrogens with one attached hydrogen (secondary N) is 2. The Morgan fingerprint density at radius 1 is 1.03 bits per heavy atom. The number of carbonyl (C=O) groups is 1. The molecule has 0 aromatic heterocycles. The third-order valence-electron chi connectivity index (χ3n) is 5.19. The van der Waals surface area contributed by atoms with Crippen LogP contribution in [0.4, 0.5) is 0 Å². The number of allylic oxidation sites excluding steroid dienone is 1. The molecule has 1 amide bonds. The molecule has 0 bridgehead atoms. The number of amidine groups is 1. The van der Waals surface area contributed by atoms with E-state index >= 15 is 0 Å². The molecule has 0 fully saturated rings. The van der Waals surface area contributed by atoms with Crippen LogP contribution in [0.25, 0.3) is 6.08 Å². The van der Waals surface area contributed by atoms with E-state index in [1.54, 1.807) is 0 Å². The van der Waals surface area contributed by atoms with Crippen LogP contribution >= 0.6 is 11.6 Å². The first-order valence-electron chi connectivity index (χ1n) is 10.5. The molecule has 4 nitrogen and oxygen atoms in total. The fraction of sp³-hybridized carbons (Fsp3) is 0.111. The maximum absolute atomic E-state index is 13.2. The van der Waals surface area contributed by atoms with E-state index in [4.69, 9.17) is 16.6 Å². The summed E-state index contributed by atoms with van der Waals surface area (Å²) in [5.74, 6) is 0.571. The van der Waals surface area contributed by atoms with E-state index in [9.17, 15) is 4.79 Å². The summed E-state index contributed by atoms with van der Waals surface area (Å²) in [5.41, 5.74) is 4.28. The fourth-order valence-electron chi connectivity index (χ4n) is 3.64. The second kappa shape index (κ2) is 10.1. The van der Waals surface area contributed by atoms with Crippen molar-refractivity contribution in [3.63, 3.8) is 0 Å². The van der Waals surface area contributed by atoms with Crippen molar-refractivity contribution in [1.29, 1.82) is 0 Å². The van der Waals surface area contributed by atoms with Crippen LogP contribution in [0.15, 0.2) is 107 Å². The third kappa shape index (κ3) is 5.16. The molecule has 1 aliphatic heterocycles. The first-order valence-corrected chi connectivity index (χ1v) is 10.9. The van der Waals surface area contributed by atoms with Crippen LogP contribution in [0, 0.1) is 0 Å². The molecule has 0 spiro atoms. The average molecular weight is 442 g/mol. The molecule has 0 radical (unpaired) electrons. The Kier molecular flexibility index (Phi) is 6.83.